The number of aryl methyl sites for hydroxylation is 1. The van der Waals surface area contributed by atoms with Crippen LogP contribution < -0.4 is 10.6 Å². The Morgan fingerprint density at radius 1 is 1.05 bits per heavy atom. The number of fused-ring (bicyclic) bond motifs is 1. The van der Waals surface area contributed by atoms with Crippen LogP contribution in [0.2, 0.25) is 0 Å². The summed E-state index contributed by atoms with van der Waals surface area (Å²) in [7, 11) is 0. The van der Waals surface area contributed by atoms with Crippen LogP contribution in [0.4, 0.5) is 11.8 Å². The molecule has 4 aliphatic carbocycles. The molecule has 9 nitrogen and oxygen atoms in total. The molecule has 4 aliphatic rings. The van der Waals surface area contributed by atoms with Crippen LogP contribution in [0.15, 0.2) is 12.3 Å². The summed E-state index contributed by atoms with van der Waals surface area (Å²) < 4.78 is 1.10. The van der Waals surface area contributed by atoms with E-state index in [9.17, 15) is 15.3 Å². The Kier molecular flexibility index (Phi) is 6.07. The molecule has 4 fully saturated rings. The van der Waals surface area contributed by atoms with Crippen LogP contribution in [0, 0.1) is 18.8 Å². The van der Waals surface area contributed by atoms with Crippen LogP contribution in [-0.2, 0) is 0 Å². The van der Waals surface area contributed by atoms with Crippen LogP contribution in [0.5, 0.6) is 0 Å². The SMILES string of the molecule is Cc1nc(NC2(C3CCCC3)CC2)nc(NC2CC(CO)C(O)C2O)c1-c1nc2c(C3CC3)nccc2s1. The number of aliphatic hydroxyl groups is 3. The first-order chi connectivity index (χ1) is 18.5. The molecule has 7 rings (SSSR count). The van der Waals surface area contributed by atoms with Crippen LogP contribution in [-0.4, -0.2) is 65.7 Å². The molecule has 202 valence electrons. The average Bonchev–Trinajstić information content (AvgIpc) is 3.76. The quantitative estimate of drug-likeness (QED) is 0.289. The lowest BCUT2D eigenvalue weighted by atomic mass is 9.96. The van der Waals surface area contributed by atoms with E-state index in [1.54, 1.807) is 11.3 Å². The predicted octanol–water partition coefficient (Wildman–Crippen LogP) is 3.98. The second-order valence-electron chi connectivity index (χ2n) is 11.9. The van der Waals surface area contributed by atoms with E-state index < -0.39 is 18.2 Å². The van der Waals surface area contributed by atoms with Gasteiger partial charge in [0.1, 0.15) is 22.4 Å². The first-order valence-corrected chi connectivity index (χ1v) is 14.9. The molecule has 3 aromatic rings. The Morgan fingerprint density at radius 3 is 2.53 bits per heavy atom. The largest absolute Gasteiger partial charge is 0.396 e. The van der Waals surface area contributed by atoms with Crippen molar-refractivity contribution in [3.8, 4) is 10.6 Å². The maximum absolute atomic E-state index is 10.8. The highest BCUT2D eigenvalue weighted by atomic mass is 32.1. The van der Waals surface area contributed by atoms with E-state index in [4.69, 9.17) is 15.0 Å². The molecule has 0 amide bonds. The van der Waals surface area contributed by atoms with Crippen LogP contribution in [0.25, 0.3) is 20.8 Å². The van der Waals surface area contributed by atoms with Gasteiger partial charge in [-0.2, -0.15) is 4.98 Å². The third-order valence-corrected chi connectivity index (χ3v) is 10.3. The molecule has 38 heavy (non-hydrogen) atoms. The minimum Gasteiger partial charge on any atom is -0.396 e. The first-order valence-electron chi connectivity index (χ1n) is 14.1. The van der Waals surface area contributed by atoms with Gasteiger partial charge in [0, 0.05) is 30.2 Å². The highest BCUT2D eigenvalue weighted by Gasteiger charge is 2.50. The monoisotopic (exact) mass is 536 g/mol. The molecule has 5 N–H and O–H groups in total. The van der Waals surface area contributed by atoms with Crippen molar-refractivity contribution < 1.29 is 15.3 Å². The van der Waals surface area contributed by atoms with E-state index in [1.807, 2.05) is 19.2 Å². The maximum Gasteiger partial charge on any atom is 0.225 e. The van der Waals surface area contributed by atoms with Crippen molar-refractivity contribution in [2.24, 2.45) is 11.8 Å². The number of rotatable bonds is 8. The van der Waals surface area contributed by atoms with Crippen LogP contribution >= 0.6 is 11.3 Å². The highest BCUT2D eigenvalue weighted by Crippen LogP contribution is 2.51. The molecular formula is C28H36N6O3S. The van der Waals surface area contributed by atoms with Crippen molar-refractivity contribution in [2.45, 2.75) is 94.4 Å². The summed E-state index contributed by atoms with van der Waals surface area (Å²) in [4.78, 5) is 19.6. The highest BCUT2D eigenvalue weighted by molar-refractivity contribution is 7.21. The molecule has 0 saturated heterocycles. The van der Waals surface area contributed by atoms with Gasteiger partial charge in [-0.15, -0.1) is 11.3 Å². The van der Waals surface area contributed by atoms with Crippen molar-refractivity contribution in [2.75, 3.05) is 17.2 Å². The van der Waals surface area contributed by atoms with Gasteiger partial charge in [-0.1, -0.05) is 12.8 Å². The van der Waals surface area contributed by atoms with Gasteiger partial charge < -0.3 is 26.0 Å². The third-order valence-electron chi connectivity index (χ3n) is 9.25. The Balaban J connectivity index is 1.28. The van der Waals surface area contributed by atoms with E-state index in [0.717, 1.165) is 57.9 Å². The molecule has 10 heteroatoms. The Bertz CT molecular complexity index is 1350. The van der Waals surface area contributed by atoms with Gasteiger partial charge in [0.25, 0.3) is 0 Å². The lowest BCUT2D eigenvalue weighted by Gasteiger charge is -2.26. The zero-order valence-electron chi connectivity index (χ0n) is 21.7. The van der Waals surface area contributed by atoms with Crippen molar-refractivity contribution in [1.29, 1.82) is 0 Å². The van der Waals surface area contributed by atoms with E-state index in [1.165, 1.54) is 25.7 Å². The predicted molar refractivity (Wildman–Crippen MR) is 147 cm³/mol. The van der Waals surface area contributed by atoms with Crippen molar-refractivity contribution in [3.63, 3.8) is 0 Å². The van der Waals surface area contributed by atoms with Crippen molar-refractivity contribution in [3.05, 3.63) is 23.7 Å². The fraction of sp³-hybridized carbons (Fsp3) is 0.643. The van der Waals surface area contributed by atoms with Gasteiger partial charge in [-0.05, 0) is 63.9 Å². The van der Waals surface area contributed by atoms with E-state index in [0.29, 0.717) is 30.0 Å². The molecule has 4 saturated carbocycles. The molecule has 4 unspecified atom stereocenters. The summed E-state index contributed by atoms with van der Waals surface area (Å²) in [5, 5.41) is 38.9. The fourth-order valence-corrected chi connectivity index (χ4v) is 7.79. The molecule has 0 aromatic carbocycles. The molecule has 3 heterocycles. The molecule has 0 spiro atoms. The standard InChI is InChI=1S/C28H36N6O3S/c1-14-20(26-32-22-19(38-26)8-11-29-21(22)15-6-7-15)25(31-18-12-16(13-35)23(36)24(18)37)33-27(30-14)34-28(9-10-28)17-4-2-3-5-17/h8,11,15-18,23-24,35-37H,2-7,9-10,12-13H2,1H3,(H2,30,31,33,34). The van der Waals surface area contributed by atoms with Gasteiger partial charge in [-0.3, -0.25) is 4.98 Å². The molecule has 0 aliphatic heterocycles. The van der Waals surface area contributed by atoms with Gasteiger partial charge in [-0.25, -0.2) is 9.97 Å². The number of anilines is 2. The number of aliphatic hydroxyl groups excluding tert-OH is 3. The first kappa shape index (κ1) is 24.6. The molecule has 0 bridgehead atoms. The van der Waals surface area contributed by atoms with Gasteiger partial charge in [0.2, 0.25) is 5.95 Å². The molecule has 3 aromatic heterocycles. The summed E-state index contributed by atoms with van der Waals surface area (Å²) in [6.45, 7) is 1.82. The minimum atomic E-state index is -0.999. The zero-order chi connectivity index (χ0) is 26.0. The lowest BCUT2D eigenvalue weighted by molar-refractivity contribution is 0.00446. The lowest BCUT2D eigenvalue weighted by Crippen LogP contribution is -2.36. The maximum atomic E-state index is 10.8. The van der Waals surface area contributed by atoms with Crippen molar-refractivity contribution >= 4 is 33.3 Å². The van der Waals surface area contributed by atoms with Crippen molar-refractivity contribution in [1.82, 2.24) is 19.9 Å². The summed E-state index contributed by atoms with van der Waals surface area (Å²) in [6.07, 6.45) is 10.1. The smallest absolute Gasteiger partial charge is 0.225 e. The summed E-state index contributed by atoms with van der Waals surface area (Å²) in [5.41, 5.74) is 3.76. The van der Waals surface area contributed by atoms with Gasteiger partial charge in [0.15, 0.2) is 0 Å². The Hall–Kier alpha value is -2.40. The Morgan fingerprint density at radius 2 is 1.84 bits per heavy atom. The van der Waals surface area contributed by atoms with Gasteiger partial charge >= 0.3 is 0 Å². The zero-order valence-corrected chi connectivity index (χ0v) is 22.5. The Labute approximate surface area is 226 Å². The van der Waals surface area contributed by atoms with E-state index >= 15 is 0 Å². The van der Waals surface area contributed by atoms with E-state index in [2.05, 4.69) is 15.6 Å². The minimum absolute atomic E-state index is 0.0907. The molecule has 0 radical (unpaired) electrons. The second-order valence-corrected chi connectivity index (χ2v) is 12.9. The molecule has 4 atom stereocenters. The number of hydrogen-bond donors (Lipinski definition) is 5. The average molecular weight is 537 g/mol. The second kappa shape index (κ2) is 9.36. The number of nitrogens with zero attached hydrogens (tertiary/aromatic N) is 4. The van der Waals surface area contributed by atoms with Crippen LogP contribution in [0.1, 0.15) is 75.1 Å². The fourth-order valence-electron chi connectivity index (χ4n) is 6.72. The number of hydrogen-bond acceptors (Lipinski definition) is 10. The summed E-state index contributed by atoms with van der Waals surface area (Å²) >= 11 is 1.61. The number of thiazole rings is 1. The normalized spacial score (nSPS) is 28.7. The topological polar surface area (TPSA) is 136 Å². The third kappa shape index (κ3) is 4.26. The number of aromatic nitrogens is 4. The number of pyridine rings is 1. The van der Waals surface area contributed by atoms with Crippen LogP contribution in [0.3, 0.4) is 0 Å². The summed E-state index contributed by atoms with van der Waals surface area (Å²) in [6, 6.07) is 1.58. The number of nitrogens with one attached hydrogen (secondary N) is 2. The van der Waals surface area contributed by atoms with E-state index in [-0.39, 0.29) is 18.1 Å². The molecular weight excluding hydrogens is 500 g/mol. The summed E-state index contributed by atoms with van der Waals surface area (Å²) in [5.74, 6) is 1.99. The van der Waals surface area contributed by atoms with Gasteiger partial charge in [0.05, 0.1) is 33.8 Å².